The first-order valence-electron chi connectivity index (χ1n) is 9.61. The fourth-order valence-corrected chi connectivity index (χ4v) is 4.00. The molecule has 1 aromatic heterocycles. The number of carbonyl (C=O) groups excluding carboxylic acids is 1. The van der Waals surface area contributed by atoms with Crippen LogP contribution in [0.2, 0.25) is 0 Å². The molecular weight excluding hydrogens is 397 g/mol. The largest absolute Gasteiger partial charge is 0.463 e. The van der Waals surface area contributed by atoms with E-state index in [9.17, 15) is 14.0 Å². The smallest absolute Gasteiger partial charge is 0.312 e. The van der Waals surface area contributed by atoms with E-state index in [2.05, 4.69) is 6.07 Å². The van der Waals surface area contributed by atoms with Crippen molar-refractivity contribution in [3.05, 3.63) is 99.7 Å². The lowest BCUT2D eigenvalue weighted by atomic mass is 9.85. The summed E-state index contributed by atoms with van der Waals surface area (Å²) in [5.41, 5.74) is 2.08. The molecule has 3 aromatic carbocycles. The summed E-state index contributed by atoms with van der Waals surface area (Å²) in [7, 11) is 0. The number of rotatable bonds is 2. The summed E-state index contributed by atoms with van der Waals surface area (Å²) >= 11 is 0. The molecule has 0 unspecified atom stereocenters. The van der Waals surface area contributed by atoms with E-state index in [1.54, 1.807) is 42.5 Å². The second kappa shape index (κ2) is 7.22. The van der Waals surface area contributed by atoms with Crippen molar-refractivity contribution in [3.63, 3.8) is 0 Å². The van der Waals surface area contributed by atoms with Gasteiger partial charge in [0.1, 0.15) is 23.4 Å². The number of ether oxygens (including phenoxy) is 1. The minimum atomic E-state index is -0.517. The number of nitriles is 1. The lowest BCUT2D eigenvalue weighted by Crippen LogP contribution is -2.22. The Labute approximate surface area is 175 Å². The van der Waals surface area contributed by atoms with Gasteiger partial charge in [-0.15, -0.1) is 0 Å². The van der Waals surface area contributed by atoms with Crippen LogP contribution in [-0.4, -0.2) is 5.97 Å². The number of benzene rings is 3. The van der Waals surface area contributed by atoms with Crippen molar-refractivity contribution < 1.29 is 18.3 Å². The van der Waals surface area contributed by atoms with E-state index < -0.39 is 17.7 Å². The number of fused-ring (bicyclic) bond motifs is 3. The minimum Gasteiger partial charge on any atom is -0.463 e. The van der Waals surface area contributed by atoms with E-state index in [1.165, 1.54) is 24.5 Å². The first kappa shape index (κ1) is 18.8. The number of halogens is 1. The van der Waals surface area contributed by atoms with E-state index in [1.807, 2.05) is 0 Å². The van der Waals surface area contributed by atoms with Gasteiger partial charge in [0, 0.05) is 17.0 Å². The number of carbonyl (C=O) groups is 1. The van der Waals surface area contributed by atoms with Crippen LogP contribution in [0.1, 0.15) is 29.0 Å². The molecule has 0 spiro atoms. The molecule has 1 aliphatic rings. The summed E-state index contributed by atoms with van der Waals surface area (Å²) < 4.78 is 25.5. The Balaban J connectivity index is 1.73. The van der Waals surface area contributed by atoms with E-state index in [0.717, 1.165) is 5.56 Å². The third-order valence-electron chi connectivity index (χ3n) is 5.49. The average molecular weight is 411 g/mol. The van der Waals surface area contributed by atoms with E-state index >= 15 is 0 Å². The van der Waals surface area contributed by atoms with Gasteiger partial charge in [0.25, 0.3) is 0 Å². The highest BCUT2D eigenvalue weighted by molar-refractivity contribution is 5.90. The zero-order valence-electron chi connectivity index (χ0n) is 16.1. The fourth-order valence-electron chi connectivity index (χ4n) is 4.00. The van der Waals surface area contributed by atoms with Gasteiger partial charge in [0.2, 0.25) is 5.43 Å². The summed E-state index contributed by atoms with van der Waals surface area (Å²) in [5, 5.41) is 9.32. The molecule has 1 atom stereocenters. The molecule has 31 heavy (non-hydrogen) atoms. The van der Waals surface area contributed by atoms with Crippen LogP contribution < -0.4 is 10.2 Å². The zero-order valence-corrected chi connectivity index (χ0v) is 16.1. The van der Waals surface area contributed by atoms with Crippen molar-refractivity contribution in [1.29, 1.82) is 5.26 Å². The zero-order chi connectivity index (χ0) is 21.5. The summed E-state index contributed by atoms with van der Waals surface area (Å²) in [4.78, 5) is 25.4. The Kier molecular flexibility index (Phi) is 4.37. The Morgan fingerprint density at radius 2 is 1.74 bits per heavy atom. The first-order valence-corrected chi connectivity index (χ1v) is 9.61. The quantitative estimate of drug-likeness (QED) is 0.346. The van der Waals surface area contributed by atoms with E-state index in [-0.39, 0.29) is 28.4 Å². The fraction of sp³-hybridized carbons (Fsp3) is 0.0800. The molecule has 0 saturated heterocycles. The molecule has 0 radical (unpaired) electrons. The summed E-state index contributed by atoms with van der Waals surface area (Å²) in [5.74, 6) is -1.00. The van der Waals surface area contributed by atoms with E-state index in [0.29, 0.717) is 22.5 Å². The maximum Gasteiger partial charge on any atom is 0.312 e. The van der Waals surface area contributed by atoms with Crippen LogP contribution in [0.5, 0.6) is 5.75 Å². The van der Waals surface area contributed by atoms with Crippen LogP contribution >= 0.6 is 0 Å². The topological polar surface area (TPSA) is 80.3 Å². The van der Waals surface area contributed by atoms with Gasteiger partial charge in [-0.25, -0.2) is 4.39 Å². The molecular formula is C25H14FNO4. The molecule has 150 valence electrons. The summed E-state index contributed by atoms with van der Waals surface area (Å²) in [6, 6.07) is 18.1. The lowest BCUT2D eigenvalue weighted by molar-refractivity contribution is -0.135. The highest BCUT2D eigenvalue weighted by atomic mass is 19.1. The molecule has 1 aliphatic heterocycles. The van der Waals surface area contributed by atoms with E-state index in [4.69, 9.17) is 14.4 Å². The SMILES string of the molecule is N#Cc1ccc([C@@H]2CC(=O)Oc3ccc4c(=O)c(-c5ccccc5F)coc4c32)cc1. The minimum absolute atomic E-state index is 0.0663. The highest BCUT2D eigenvalue weighted by Gasteiger charge is 2.32. The molecule has 0 aliphatic carbocycles. The average Bonchev–Trinajstić information content (AvgIpc) is 2.79. The van der Waals surface area contributed by atoms with Gasteiger partial charge in [-0.1, -0.05) is 30.3 Å². The lowest BCUT2D eigenvalue weighted by Gasteiger charge is -2.25. The molecule has 4 aromatic rings. The van der Waals surface area contributed by atoms with Gasteiger partial charge in [0.15, 0.2) is 0 Å². The van der Waals surface area contributed by atoms with Crippen LogP contribution in [-0.2, 0) is 4.79 Å². The van der Waals surface area contributed by atoms with Crippen LogP contribution in [0.4, 0.5) is 4.39 Å². The Hall–Kier alpha value is -4.24. The van der Waals surface area contributed by atoms with Gasteiger partial charge in [-0.3, -0.25) is 9.59 Å². The Bertz CT molecular complexity index is 1450. The predicted octanol–water partition coefficient (Wildman–Crippen LogP) is 4.91. The van der Waals surface area contributed by atoms with Crippen molar-refractivity contribution in [3.8, 4) is 22.9 Å². The second-order valence-corrected chi connectivity index (χ2v) is 7.28. The highest BCUT2D eigenvalue weighted by Crippen LogP contribution is 2.42. The molecule has 0 saturated carbocycles. The van der Waals surface area contributed by atoms with Gasteiger partial charge in [-0.05, 0) is 35.9 Å². The molecule has 5 rings (SSSR count). The number of esters is 1. The van der Waals surface area contributed by atoms with Crippen molar-refractivity contribution in [2.75, 3.05) is 0 Å². The van der Waals surface area contributed by atoms with Crippen molar-refractivity contribution >= 4 is 16.9 Å². The number of hydrogen-bond acceptors (Lipinski definition) is 5. The molecule has 0 fully saturated rings. The first-order chi connectivity index (χ1) is 15.1. The van der Waals surface area contributed by atoms with Gasteiger partial charge < -0.3 is 9.15 Å². The molecule has 5 nitrogen and oxygen atoms in total. The molecule has 2 heterocycles. The van der Waals surface area contributed by atoms with Crippen LogP contribution in [0.25, 0.3) is 22.1 Å². The van der Waals surface area contributed by atoms with Crippen LogP contribution in [0.3, 0.4) is 0 Å². The molecule has 0 N–H and O–H groups in total. The van der Waals surface area contributed by atoms with Crippen molar-refractivity contribution in [1.82, 2.24) is 0 Å². The van der Waals surface area contributed by atoms with Crippen molar-refractivity contribution in [2.45, 2.75) is 12.3 Å². The monoisotopic (exact) mass is 411 g/mol. The Morgan fingerprint density at radius 3 is 2.48 bits per heavy atom. The van der Waals surface area contributed by atoms with Crippen LogP contribution in [0.15, 0.2) is 76.1 Å². The maximum atomic E-state index is 14.3. The number of nitrogens with zero attached hydrogens (tertiary/aromatic N) is 1. The standard InChI is InChI=1S/C25H14FNO4/c26-20-4-2-1-3-16(20)19-13-30-25-17(24(19)29)9-10-21-23(25)18(11-22(28)31-21)15-7-5-14(12-27)6-8-15/h1-10,13,18H,11H2/t18-/m0/s1. The third-order valence-corrected chi connectivity index (χ3v) is 5.49. The second-order valence-electron chi connectivity index (χ2n) is 7.28. The Morgan fingerprint density at radius 1 is 0.968 bits per heavy atom. The van der Waals surface area contributed by atoms with Gasteiger partial charge in [-0.2, -0.15) is 5.26 Å². The summed E-state index contributed by atoms with van der Waals surface area (Å²) in [6.45, 7) is 0. The van der Waals surface area contributed by atoms with Gasteiger partial charge >= 0.3 is 5.97 Å². The predicted molar refractivity (Wildman–Crippen MR) is 111 cm³/mol. The van der Waals surface area contributed by atoms with Gasteiger partial charge in [0.05, 0.1) is 29.0 Å². The molecule has 0 bridgehead atoms. The third kappa shape index (κ3) is 3.08. The normalized spacial score (nSPS) is 15.2. The maximum absolute atomic E-state index is 14.3. The van der Waals surface area contributed by atoms with Crippen molar-refractivity contribution in [2.24, 2.45) is 0 Å². The summed E-state index contributed by atoms with van der Waals surface area (Å²) in [6.07, 6.45) is 1.31. The molecule has 6 heteroatoms. The van der Waals surface area contributed by atoms with Crippen LogP contribution in [0, 0.1) is 17.1 Å². The number of hydrogen-bond donors (Lipinski definition) is 0. The molecule has 0 amide bonds.